The predicted octanol–water partition coefficient (Wildman–Crippen LogP) is 5.30. The Morgan fingerprint density at radius 1 is 0.806 bits per heavy atom. The van der Waals surface area contributed by atoms with Crippen LogP contribution in [0.25, 0.3) is 0 Å². The van der Waals surface area contributed by atoms with Gasteiger partial charge in [0, 0.05) is 6.61 Å². The number of aliphatic hydroxyl groups is 3. The molecule has 0 saturated carbocycles. The van der Waals surface area contributed by atoms with Gasteiger partial charge in [0.2, 0.25) is 0 Å². The Bertz CT molecular complexity index is 415. The summed E-state index contributed by atoms with van der Waals surface area (Å²) in [6.45, 7) is 3.10. The average molecular weight is 443 g/mol. The molecule has 0 unspecified atom stereocenters. The molecule has 5 nitrogen and oxygen atoms in total. The van der Waals surface area contributed by atoms with Gasteiger partial charge < -0.3 is 24.8 Å². The Labute approximate surface area is 191 Å². The Kier molecular flexibility index (Phi) is 18.6. The second kappa shape index (κ2) is 20.2. The zero-order valence-corrected chi connectivity index (χ0v) is 20.1. The summed E-state index contributed by atoms with van der Waals surface area (Å²) in [6.07, 6.45) is 22.0. The lowest BCUT2D eigenvalue weighted by Gasteiger charge is -2.20. The van der Waals surface area contributed by atoms with Gasteiger partial charge >= 0.3 is 0 Å². The van der Waals surface area contributed by atoms with E-state index >= 15 is 0 Å². The molecular formula is C26H50O5. The third kappa shape index (κ3) is 15.1. The molecule has 0 spiro atoms. The van der Waals surface area contributed by atoms with Crippen LogP contribution in [0.3, 0.4) is 0 Å². The first kappa shape index (κ1) is 28.6. The molecule has 1 saturated heterocycles. The van der Waals surface area contributed by atoms with Crippen molar-refractivity contribution in [3.8, 4) is 0 Å². The van der Waals surface area contributed by atoms with Crippen molar-refractivity contribution >= 4 is 0 Å². The number of hydrogen-bond acceptors (Lipinski definition) is 5. The molecule has 0 aromatic rings. The molecule has 1 heterocycles. The second-order valence-corrected chi connectivity index (χ2v) is 9.14. The lowest BCUT2D eigenvalue weighted by Crippen LogP contribution is -2.40. The molecule has 4 atom stereocenters. The first-order valence-corrected chi connectivity index (χ1v) is 13.0. The minimum absolute atomic E-state index is 0.0679. The maximum Gasteiger partial charge on any atom is 0.114 e. The van der Waals surface area contributed by atoms with Crippen molar-refractivity contribution in [2.24, 2.45) is 0 Å². The van der Waals surface area contributed by atoms with Crippen molar-refractivity contribution in [2.75, 3.05) is 19.8 Å². The molecular weight excluding hydrogens is 392 g/mol. The van der Waals surface area contributed by atoms with Crippen molar-refractivity contribution in [1.82, 2.24) is 0 Å². The highest BCUT2D eigenvalue weighted by atomic mass is 16.5. The predicted molar refractivity (Wildman–Crippen MR) is 127 cm³/mol. The largest absolute Gasteiger partial charge is 0.388 e. The van der Waals surface area contributed by atoms with Gasteiger partial charge in [0.05, 0.1) is 13.2 Å². The SMILES string of the molecule is CCCCCCCCC/C=C/CCCCCCCCCOC[C@H](O)[C@H]1OC[C@@H](O)[C@H]1O. The summed E-state index contributed by atoms with van der Waals surface area (Å²) in [7, 11) is 0. The van der Waals surface area contributed by atoms with Crippen LogP contribution in [-0.4, -0.2) is 59.6 Å². The van der Waals surface area contributed by atoms with Crippen LogP contribution in [0.2, 0.25) is 0 Å². The Morgan fingerprint density at radius 2 is 1.32 bits per heavy atom. The van der Waals surface area contributed by atoms with E-state index in [1.54, 1.807) is 0 Å². The van der Waals surface area contributed by atoms with Gasteiger partial charge in [-0.1, -0.05) is 89.7 Å². The van der Waals surface area contributed by atoms with Crippen LogP contribution in [0, 0.1) is 0 Å². The van der Waals surface area contributed by atoms with E-state index in [0.717, 1.165) is 12.8 Å². The van der Waals surface area contributed by atoms with E-state index in [1.807, 2.05) is 0 Å². The van der Waals surface area contributed by atoms with Gasteiger partial charge in [0.15, 0.2) is 0 Å². The maximum absolute atomic E-state index is 9.96. The zero-order valence-electron chi connectivity index (χ0n) is 20.1. The van der Waals surface area contributed by atoms with Gasteiger partial charge in [-0.2, -0.15) is 0 Å². The highest BCUT2D eigenvalue weighted by Crippen LogP contribution is 2.18. The number of unbranched alkanes of at least 4 members (excludes halogenated alkanes) is 14. The molecule has 5 heteroatoms. The monoisotopic (exact) mass is 442 g/mol. The van der Waals surface area contributed by atoms with Gasteiger partial charge in [-0.05, 0) is 32.1 Å². The van der Waals surface area contributed by atoms with Crippen LogP contribution in [0.1, 0.15) is 110 Å². The molecule has 0 aromatic heterocycles. The van der Waals surface area contributed by atoms with Crippen LogP contribution in [0.4, 0.5) is 0 Å². The quantitative estimate of drug-likeness (QED) is 0.166. The summed E-state index contributed by atoms with van der Waals surface area (Å²) in [5.41, 5.74) is 0. The van der Waals surface area contributed by atoms with E-state index in [4.69, 9.17) is 9.47 Å². The van der Waals surface area contributed by atoms with Crippen molar-refractivity contribution in [1.29, 1.82) is 0 Å². The molecule has 1 rings (SSSR count). The molecule has 1 aliphatic rings. The number of allylic oxidation sites excluding steroid dienone is 2. The van der Waals surface area contributed by atoms with Crippen molar-refractivity contribution in [3.05, 3.63) is 12.2 Å². The van der Waals surface area contributed by atoms with Gasteiger partial charge in [0.1, 0.15) is 24.4 Å². The molecule has 31 heavy (non-hydrogen) atoms. The van der Waals surface area contributed by atoms with E-state index in [2.05, 4.69) is 19.1 Å². The number of ether oxygens (including phenoxy) is 2. The smallest absolute Gasteiger partial charge is 0.114 e. The fourth-order valence-corrected chi connectivity index (χ4v) is 4.07. The average Bonchev–Trinajstić information content (AvgIpc) is 3.10. The van der Waals surface area contributed by atoms with Gasteiger partial charge in [0.25, 0.3) is 0 Å². The third-order valence-electron chi connectivity index (χ3n) is 6.16. The summed E-state index contributed by atoms with van der Waals surface area (Å²) in [5.74, 6) is 0. The van der Waals surface area contributed by atoms with E-state index in [-0.39, 0.29) is 13.2 Å². The fraction of sp³-hybridized carbons (Fsp3) is 0.923. The van der Waals surface area contributed by atoms with Crippen LogP contribution >= 0.6 is 0 Å². The Morgan fingerprint density at radius 3 is 1.84 bits per heavy atom. The van der Waals surface area contributed by atoms with E-state index in [1.165, 1.54) is 89.9 Å². The van der Waals surface area contributed by atoms with Crippen molar-refractivity contribution in [3.63, 3.8) is 0 Å². The summed E-state index contributed by atoms with van der Waals surface area (Å²) < 4.78 is 10.7. The molecule has 0 bridgehead atoms. The standard InChI is InChI=1S/C26H50O5/c1-2-3-4-5-6-7-8-9-10-11-12-13-14-15-16-17-18-19-20-30-21-24(28)26-25(29)23(27)22-31-26/h10-11,23-29H,2-9,12-22H2,1H3/b11-10+/t23-,24+,25-,26-/m1/s1. The van der Waals surface area contributed by atoms with Crippen molar-refractivity contribution in [2.45, 2.75) is 134 Å². The summed E-state index contributed by atoms with van der Waals surface area (Å²) in [4.78, 5) is 0. The lowest BCUT2D eigenvalue weighted by atomic mass is 10.1. The van der Waals surface area contributed by atoms with E-state index in [0.29, 0.717) is 6.61 Å². The normalized spacial score (nSPS) is 22.5. The highest BCUT2D eigenvalue weighted by molar-refractivity contribution is 4.87. The molecule has 1 fully saturated rings. The zero-order chi connectivity index (χ0) is 22.6. The molecule has 1 aliphatic heterocycles. The fourth-order valence-electron chi connectivity index (χ4n) is 4.07. The van der Waals surface area contributed by atoms with Crippen LogP contribution < -0.4 is 0 Å². The third-order valence-corrected chi connectivity index (χ3v) is 6.16. The molecule has 0 radical (unpaired) electrons. The molecule has 3 N–H and O–H groups in total. The Hall–Kier alpha value is -0.460. The van der Waals surface area contributed by atoms with Gasteiger partial charge in [-0.3, -0.25) is 0 Å². The van der Waals surface area contributed by atoms with Crippen LogP contribution in [0.15, 0.2) is 12.2 Å². The minimum Gasteiger partial charge on any atom is -0.388 e. The minimum atomic E-state index is -1.03. The first-order chi connectivity index (χ1) is 15.2. The maximum atomic E-state index is 9.96. The summed E-state index contributed by atoms with van der Waals surface area (Å²) in [5, 5.41) is 29.1. The molecule has 0 amide bonds. The highest BCUT2D eigenvalue weighted by Gasteiger charge is 2.39. The molecule has 0 aromatic carbocycles. The molecule has 0 aliphatic carbocycles. The Balaban J connectivity index is 1.76. The second-order valence-electron chi connectivity index (χ2n) is 9.14. The van der Waals surface area contributed by atoms with Crippen molar-refractivity contribution < 1.29 is 24.8 Å². The summed E-state index contributed by atoms with van der Waals surface area (Å²) in [6, 6.07) is 0. The van der Waals surface area contributed by atoms with E-state index < -0.39 is 24.4 Å². The van der Waals surface area contributed by atoms with Gasteiger partial charge in [-0.15, -0.1) is 0 Å². The number of rotatable bonds is 21. The van der Waals surface area contributed by atoms with Gasteiger partial charge in [-0.25, -0.2) is 0 Å². The number of aliphatic hydroxyl groups excluding tert-OH is 3. The lowest BCUT2D eigenvalue weighted by molar-refractivity contribution is -0.0813. The van der Waals surface area contributed by atoms with Crippen LogP contribution in [0.5, 0.6) is 0 Å². The van der Waals surface area contributed by atoms with E-state index in [9.17, 15) is 15.3 Å². The topological polar surface area (TPSA) is 79.2 Å². The van der Waals surface area contributed by atoms with Crippen LogP contribution in [-0.2, 0) is 9.47 Å². The number of hydrogen-bond donors (Lipinski definition) is 3. The summed E-state index contributed by atoms with van der Waals surface area (Å²) >= 11 is 0. The molecule has 184 valence electrons. The first-order valence-electron chi connectivity index (χ1n) is 13.0.